The molecule has 0 aliphatic carbocycles. The zero-order valence-electron chi connectivity index (χ0n) is 15.4. The molecule has 0 unspecified atom stereocenters. The fourth-order valence-corrected chi connectivity index (χ4v) is 5.86. The van der Waals surface area contributed by atoms with Crippen LogP contribution in [0.2, 0.25) is 5.02 Å². The monoisotopic (exact) mass is 466 g/mol. The number of benzene rings is 2. The molecule has 12 heteroatoms. The third-order valence-corrected chi connectivity index (χ3v) is 7.84. The number of carbonyl (C=O) groups excluding carboxylic acids is 1. The fourth-order valence-electron chi connectivity index (χ4n) is 3.16. The van der Waals surface area contributed by atoms with Crippen LogP contribution in [0.25, 0.3) is 10.2 Å². The van der Waals surface area contributed by atoms with E-state index >= 15 is 0 Å². The maximum absolute atomic E-state index is 12.7. The van der Waals surface area contributed by atoms with E-state index in [4.69, 9.17) is 11.6 Å². The van der Waals surface area contributed by atoms with E-state index in [2.05, 4.69) is 10.3 Å². The maximum Gasteiger partial charge on any atom is 0.288 e. The van der Waals surface area contributed by atoms with E-state index in [0.29, 0.717) is 23.3 Å². The van der Waals surface area contributed by atoms with E-state index in [1.807, 2.05) is 0 Å². The van der Waals surface area contributed by atoms with Gasteiger partial charge in [0.2, 0.25) is 10.0 Å². The zero-order chi connectivity index (χ0) is 21.5. The number of hydrogen-bond acceptors (Lipinski definition) is 7. The molecule has 0 radical (unpaired) electrons. The van der Waals surface area contributed by atoms with Crippen LogP contribution in [0.5, 0.6) is 0 Å². The Bertz CT molecular complexity index is 1270. The number of halogens is 1. The van der Waals surface area contributed by atoms with Gasteiger partial charge < -0.3 is 0 Å². The van der Waals surface area contributed by atoms with Gasteiger partial charge in [0, 0.05) is 24.7 Å². The average Bonchev–Trinajstić information content (AvgIpc) is 3.37. The first-order valence-corrected chi connectivity index (χ1v) is 11.6. The SMILES string of the molecule is O=C(Nc1nc2ccc(S(=O)(=O)N3CCCC3)cc2s1)c1ccc(Cl)c([N+](=O)[O-])c1. The first-order chi connectivity index (χ1) is 14.3. The Kier molecular flexibility index (Phi) is 5.45. The molecule has 1 aliphatic rings. The number of amides is 1. The highest BCUT2D eigenvalue weighted by Crippen LogP contribution is 2.31. The van der Waals surface area contributed by atoms with Crippen LogP contribution >= 0.6 is 22.9 Å². The number of thiazole rings is 1. The predicted octanol–water partition coefficient (Wildman–Crippen LogP) is 3.89. The van der Waals surface area contributed by atoms with Crippen LogP contribution in [-0.2, 0) is 10.0 Å². The summed E-state index contributed by atoms with van der Waals surface area (Å²) >= 11 is 6.89. The Morgan fingerprint density at radius 3 is 2.63 bits per heavy atom. The number of sulfonamides is 1. The molecular weight excluding hydrogens is 452 g/mol. The minimum atomic E-state index is -3.56. The number of rotatable bonds is 5. The zero-order valence-corrected chi connectivity index (χ0v) is 17.8. The van der Waals surface area contributed by atoms with Crippen LogP contribution in [0.15, 0.2) is 41.3 Å². The number of aromatic nitrogens is 1. The molecule has 0 atom stereocenters. The van der Waals surface area contributed by atoms with Crippen molar-refractivity contribution in [3.05, 3.63) is 57.1 Å². The Labute approximate surface area is 180 Å². The van der Waals surface area contributed by atoms with Crippen LogP contribution in [0, 0.1) is 10.1 Å². The quantitative estimate of drug-likeness (QED) is 0.449. The lowest BCUT2D eigenvalue weighted by molar-refractivity contribution is -0.384. The smallest absolute Gasteiger partial charge is 0.288 e. The van der Waals surface area contributed by atoms with E-state index in [1.54, 1.807) is 12.1 Å². The van der Waals surface area contributed by atoms with Crippen molar-refractivity contribution < 1.29 is 18.1 Å². The second-order valence-electron chi connectivity index (χ2n) is 6.64. The van der Waals surface area contributed by atoms with Gasteiger partial charge in [-0.1, -0.05) is 22.9 Å². The van der Waals surface area contributed by atoms with Crippen molar-refractivity contribution in [3.8, 4) is 0 Å². The van der Waals surface area contributed by atoms with E-state index in [9.17, 15) is 23.3 Å². The number of carbonyl (C=O) groups is 1. The molecule has 9 nitrogen and oxygen atoms in total. The first kappa shape index (κ1) is 20.7. The largest absolute Gasteiger partial charge is 0.298 e. The van der Waals surface area contributed by atoms with E-state index in [-0.39, 0.29) is 26.3 Å². The molecule has 1 fully saturated rings. The molecule has 1 amide bonds. The van der Waals surface area contributed by atoms with Gasteiger partial charge in [-0.25, -0.2) is 13.4 Å². The summed E-state index contributed by atoms with van der Waals surface area (Å²) in [6.45, 7) is 1.02. The molecule has 2 heterocycles. The number of nitro groups is 1. The van der Waals surface area contributed by atoms with Crippen molar-refractivity contribution in [2.24, 2.45) is 0 Å². The van der Waals surface area contributed by atoms with E-state index in [1.165, 1.54) is 22.5 Å². The van der Waals surface area contributed by atoms with Crippen molar-refractivity contribution in [3.63, 3.8) is 0 Å². The normalized spacial score (nSPS) is 14.8. The second kappa shape index (κ2) is 7.91. The van der Waals surface area contributed by atoms with E-state index < -0.39 is 20.9 Å². The molecule has 30 heavy (non-hydrogen) atoms. The van der Waals surface area contributed by atoms with Gasteiger partial charge in [0.25, 0.3) is 11.6 Å². The Balaban J connectivity index is 1.59. The minimum Gasteiger partial charge on any atom is -0.298 e. The lowest BCUT2D eigenvalue weighted by Crippen LogP contribution is -2.27. The van der Waals surface area contributed by atoms with Crippen LogP contribution in [0.4, 0.5) is 10.8 Å². The third kappa shape index (κ3) is 3.88. The number of nitro benzene ring substituents is 1. The second-order valence-corrected chi connectivity index (χ2v) is 10.0. The van der Waals surface area contributed by atoms with Crippen molar-refractivity contribution in [1.82, 2.24) is 9.29 Å². The summed E-state index contributed by atoms with van der Waals surface area (Å²) in [7, 11) is -3.56. The van der Waals surface area contributed by atoms with Crippen molar-refractivity contribution >= 4 is 59.9 Å². The summed E-state index contributed by atoms with van der Waals surface area (Å²) < 4.78 is 27.5. The van der Waals surface area contributed by atoms with Crippen LogP contribution in [0.3, 0.4) is 0 Å². The molecular formula is C18H15ClN4O5S2. The van der Waals surface area contributed by atoms with Gasteiger partial charge in [-0.15, -0.1) is 0 Å². The van der Waals surface area contributed by atoms with Gasteiger partial charge in [-0.05, 0) is 43.2 Å². The van der Waals surface area contributed by atoms with Crippen LogP contribution in [-0.4, -0.2) is 41.6 Å². The van der Waals surface area contributed by atoms with Gasteiger partial charge in [-0.2, -0.15) is 4.31 Å². The van der Waals surface area contributed by atoms with Crippen molar-refractivity contribution in [2.75, 3.05) is 18.4 Å². The lowest BCUT2D eigenvalue weighted by atomic mass is 10.2. The molecule has 0 saturated carbocycles. The summed E-state index contributed by atoms with van der Waals surface area (Å²) in [5.74, 6) is -0.585. The molecule has 4 rings (SSSR count). The van der Waals surface area contributed by atoms with Gasteiger partial charge >= 0.3 is 0 Å². The molecule has 1 N–H and O–H groups in total. The Morgan fingerprint density at radius 2 is 1.93 bits per heavy atom. The molecule has 0 spiro atoms. The topological polar surface area (TPSA) is 123 Å². The summed E-state index contributed by atoms with van der Waals surface area (Å²) in [6.07, 6.45) is 1.70. The Hall–Kier alpha value is -2.60. The average molecular weight is 467 g/mol. The summed E-state index contributed by atoms with van der Waals surface area (Å²) in [6, 6.07) is 8.39. The first-order valence-electron chi connectivity index (χ1n) is 8.92. The number of anilines is 1. The summed E-state index contributed by atoms with van der Waals surface area (Å²) in [5.41, 5.74) is 0.228. The number of nitrogens with zero attached hydrogens (tertiary/aromatic N) is 3. The lowest BCUT2D eigenvalue weighted by Gasteiger charge is -2.15. The number of hydrogen-bond donors (Lipinski definition) is 1. The van der Waals surface area contributed by atoms with Crippen molar-refractivity contribution in [1.29, 1.82) is 0 Å². The predicted molar refractivity (Wildman–Crippen MR) is 114 cm³/mol. The van der Waals surface area contributed by atoms with E-state index in [0.717, 1.165) is 30.2 Å². The fraction of sp³-hybridized carbons (Fsp3) is 0.222. The highest BCUT2D eigenvalue weighted by atomic mass is 35.5. The molecule has 0 bridgehead atoms. The molecule has 1 aromatic heterocycles. The molecule has 3 aromatic rings. The molecule has 1 saturated heterocycles. The maximum atomic E-state index is 12.7. The van der Waals surface area contributed by atoms with Crippen LogP contribution < -0.4 is 5.32 Å². The highest BCUT2D eigenvalue weighted by Gasteiger charge is 2.27. The third-order valence-electron chi connectivity index (χ3n) is 4.69. The minimum absolute atomic E-state index is 0.0580. The number of nitrogens with one attached hydrogen (secondary N) is 1. The van der Waals surface area contributed by atoms with Crippen LogP contribution in [0.1, 0.15) is 23.2 Å². The molecule has 1 aliphatic heterocycles. The Morgan fingerprint density at radius 1 is 1.20 bits per heavy atom. The summed E-state index contributed by atoms with van der Waals surface area (Å²) in [5, 5.41) is 13.8. The van der Waals surface area contributed by atoms with Gasteiger partial charge in [-0.3, -0.25) is 20.2 Å². The van der Waals surface area contributed by atoms with Gasteiger partial charge in [0.05, 0.1) is 20.0 Å². The molecule has 2 aromatic carbocycles. The highest BCUT2D eigenvalue weighted by molar-refractivity contribution is 7.89. The van der Waals surface area contributed by atoms with Gasteiger partial charge in [0.1, 0.15) is 5.02 Å². The van der Waals surface area contributed by atoms with Gasteiger partial charge in [0.15, 0.2) is 5.13 Å². The number of fused-ring (bicyclic) bond motifs is 1. The standard InChI is InChI=1S/C18H15ClN4O5S2/c19-13-5-3-11(9-15(13)23(25)26)17(24)21-18-20-14-6-4-12(10-16(14)29-18)30(27,28)22-7-1-2-8-22/h3-6,9-10H,1-2,7-8H2,(H,20,21,24). The summed E-state index contributed by atoms with van der Waals surface area (Å²) in [4.78, 5) is 27.3. The van der Waals surface area contributed by atoms with Crippen molar-refractivity contribution in [2.45, 2.75) is 17.7 Å². The molecule has 156 valence electrons.